The largest absolute Gasteiger partial charge is 0.608 e. The highest BCUT2D eigenvalue weighted by Crippen LogP contribution is 2.26. The molecule has 28 heavy (non-hydrogen) atoms. The molecular formula is C18H28N4O6. The first-order chi connectivity index (χ1) is 13.4. The fraction of sp³-hybridized carbons (Fsp3) is 0.667. The van der Waals surface area contributed by atoms with Gasteiger partial charge in [-0.25, -0.2) is 0 Å². The van der Waals surface area contributed by atoms with E-state index in [4.69, 9.17) is 0 Å². The van der Waals surface area contributed by atoms with Crippen molar-refractivity contribution in [2.24, 2.45) is 0 Å². The van der Waals surface area contributed by atoms with Crippen LogP contribution in [-0.4, -0.2) is 26.6 Å². The molecule has 1 atom stereocenters. The van der Waals surface area contributed by atoms with Crippen LogP contribution in [-0.2, 0) is 0 Å². The fourth-order valence-electron chi connectivity index (χ4n) is 3.14. The second-order valence-electron chi connectivity index (χ2n) is 6.80. The molecule has 156 valence electrons. The molecular weight excluding hydrogens is 368 g/mol. The molecule has 1 N–H and O–H groups in total. The highest BCUT2D eigenvalue weighted by molar-refractivity contribution is 5.43. The van der Waals surface area contributed by atoms with Crippen LogP contribution in [0.4, 0.5) is 5.69 Å². The van der Waals surface area contributed by atoms with Crippen LogP contribution in [0.3, 0.4) is 0 Å². The van der Waals surface area contributed by atoms with Crippen LogP contribution >= 0.6 is 0 Å². The molecule has 0 bridgehead atoms. The van der Waals surface area contributed by atoms with Gasteiger partial charge in [0.2, 0.25) is 0 Å². The first kappa shape index (κ1) is 23.3. The molecule has 10 nitrogen and oxygen atoms in total. The summed E-state index contributed by atoms with van der Waals surface area (Å²) >= 11 is 0. The number of para-hydroxylation sites is 1. The van der Waals surface area contributed by atoms with Gasteiger partial charge in [-0.2, -0.15) is 0 Å². The Balaban J connectivity index is 2.84. The second kappa shape index (κ2) is 11.8. The van der Waals surface area contributed by atoms with Crippen LogP contribution < -0.4 is 5.32 Å². The summed E-state index contributed by atoms with van der Waals surface area (Å²) in [5, 5.41) is 37.0. The second-order valence-corrected chi connectivity index (χ2v) is 6.80. The van der Waals surface area contributed by atoms with Crippen molar-refractivity contribution in [3.63, 3.8) is 0 Å². The molecule has 1 rings (SSSR count). The number of unbranched alkanes of at least 4 members (excludes halogenated alkanes) is 7. The average Bonchev–Trinajstić information content (AvgIpc) is 2.65. The Morgan fingerprint density at radius 2 is 1.36 bits per heavy atom. The molecule has 0 amide bonds. The lowest BCUT2D eigenvalue weighted by Crippen LogP contribution is -2.63. The van der Waals surface area contributed by atoms with Gasteiger partial charge in [-0.15, -0.1) is 0 Å². The van der Waals surface area contributed by atoms with E-state index in [-0.39, 0.29) is 12.1 Å². The smallest absolute Gasteiger partial charge is 0.264 e. The van der Waals surface area contributed by atoms with Gasteiger partial charge in [0.15, 0.2) is 0 Å². The van der Waals surface area contributed by atoms with Crippen molar-refractivity contribution in [3.05, 3.63) is 60.7 Å². The van der Waals surface area contributed by atoms with Crippen molar-refractivity contribution in [1.82, 2.24) is 0 Å². The Hall–Kier alpha value is -2.78. The highest BCUT2D eigenvalue weighted by Gasteiger charge is 2.70. The van der Waals surface area contributed by atoms with Crippen LogP contribution in [0.15, 0.2) is 30.3 Å². The molecule has 1 unspecified atom stereocenters. The molecule has 0 aromatic heterocycles. The number of hydrogen-bond donors (Lipinski definition) is 1. The standard InChI is InChI=1S/C18H28N4O6/c1-2-3-4-5-6-7-8-12-15-17(20(23)24)18(21(25)26,22(27)28)19-16-13-10-9-11-14-16/h9-11,13-14,17,19H,2-8,12,15H2,1H3. The molecule has 0 aliphatic heterocycles. The molecule has 1 aromatic carbocycles. The minimum Gasteiger partial charge on any atom is -0.264 e. The first-order valence-corrected chi connectivity index (χ1v) is 9.62. The maximum Gasteiger partial charge on any atom is 0.608 e. The van der Waals surface area contributed by atoms with E-state index in [0.29, 0.717) is 12.8 Å². The lowest BCUT2D eigenvalue weighted by molar-refractivity contribution is -0.826. The number of nitro groups is 3. The molecule has 0 aliphatic rings. The Labute approximate surface area is 163 Å². The van der Waals surface area contributed by atoms with Crippen molar-refractivity contribution >= 4 is 5.69 Å². The Morgan fingerprint density at radius 1 is 0.857 bits per heavy atom. The number of hydrogen-bond acceptors (Lipinski definition) is 7. The summed E-state index contributed by atoms with van der Waals surface area (Å²) in [4.78, 5) is 31.5. The van der Waals surface area contributed by atoms with Crippen molar-refractivity contribution in [3.8, 4) is 0 Å². The van der Waals surface area contributed by atoms with E-state index in [2.05, 4.69) is 12.2 Å². The van der Waals surface area contributed by atoms with Gasteiger partial charge >= 0.3 is 11.8 Å². The number of nitrogens with zero attached hydrogens (tertiary/aromatic N) is 3. The van der Waals surface area contributed by atoms with Crippen LogP contribution in [0, 0.1) is 30.3 Å². The zero-order valence-corrected chi connectivity index (χ0v) is 16.1. The summed E-state index contributed by atoms with van der Waals surface area (Å²) in [5.74, 6) is -3.12. The van der Waals surface area contributed by atoms with E-state index >= 15 is 0 Å². The first-order valence-electron chi connectivity index (χ1n) is 9.62. The van der Waals surface area contributed by atoms with Crippen LogP contribution in [0.1, 0.15) is 64.7 Å². The van der Waals surface area contributed by atoms with Crippen molar-refractivity contribution in [2.45, 2.75) is 76.5 Å². The zero-order chi connectivity index (χ0) is 21.0. The Bertz CT molecular complexity index is 626. The van der Waals surface area contributed by atoms with Crippen molar-refractivity contribution < 1.29 is 14.8 Å². The Morgan fingerprint density at radius 3 is 1.82 bits per heavy atom. The molecule has 0 heterocycles. The number of rotatable bonds is 15. The molecule has 0 radical (unpaired) electrons. The predicted molar refractivity (Wildman–Crippen MR) is 105 cm³/mol. The third-order valence-corrected chi connectivity index (χ3v) is 4.71. The van der Waals surface area contributed by atoms with Crippen molar-refractivity contribution in [1.29, 1.82) is 0 Å². The van der Waals surface area contributed by atoms with Crippen LogP contribution in [0.2, 0.25) is 0 Å². The van der Waals surface area contributed by atoms with E-state index in [1.54, 1.807) is 6.07 Å². The van der Waals surface area contributed by atoms with Crippen LogP contribution in [0.25, 0.3) is 0 Å². The Kier molecular flexibility index (Phi) is 9.83. The van der Waals surface area contributed by atoms with Gasteiger partial charge in [-0.05, 0) is 18.6 Å². The third-order valence-electron chi connectivity index (χ3n) is 4.71. The molecule has 0 fully saturated rings. The van der Waals surface area contributed by atoms with Crippen molar-refractivity contribution in [2.75, 3.05) is 5.32 Å². The normalized spacial score (nSPS) is 12.3. The van der Waals surface area contributed by atoms with Gasteiger partial charge in [-0.3, -0.25) is 35.7 Å². The SMILES string of the molecule is CCCCCCCCCCC([N+](=O)[O-])C(Nc1ccccc1)([N+](=O)[O-])[N+](=O)[O-]. The van der Waals surface area contributed by atoms with Crippen LogP contribution in [0.5, 0.6) is 0 Å². The van der Waals surface area contributed by atoms with E-state index in [1.807, 2.05) is 0 Å². The van der Waals surface area contributed by atoms with E-state index in [0.717, 1.165) is 32.1 Å². The fourth-order valence-corrected chi connectivity index (χ4v) is 3.14. The predicted octanol–water partition coefficient (Wildman–Crippen LogP) is 4.48. The van der Waals surface area contributed by atoms with Gasteiger partial charge < -0.3 is 0 Å². The zero-order valence-electron chi connectivity index (χ0n) is 16.1. The van der Waals surface area contributed by atoms with Gasteiger partial charge in [0.05, 0.1) is 0 Å². The quantitative estimate of drug-likeness (QED) is 0.199. The number of anilines is 1. The minimum atomic E-state index is -3.12. The van der Waals surface area contributed by atoms with E-state index in [1.165, 1.54) is 30.7 Å². The number of benzene rings is 1. The van der Waals surface area contributed by atoms with Gasteiger partial charge in [0.25, 0.3) is 0 Å². The third kappa shape index (κ3) is 6.43. The lowest BCUT2D eigenvalue weighted by Gasteiger charge is -2.21. The molecule has 10 heteroatoms. The molecule has 0 spiro atoms. The summed E-state index contributed by atoms with van der Waals surface area (Å²) in [7, 11) is 0. The summed E-state index contributed by atoms with van der Waals surface area (Å²) in [6, 6.07) is 5.51. The average molecular weight is 396 g/mol. The molecule has 0 saturated heterocycles. The van der Waals surface area contributed by atoms with E-state index in [9.17, 15) is 30.3 Å². The topological polar surface area (TPSA) is 141 Å². The summed E-state index contributed by atoms with van der Waals surface area (Å²) in [5.41, 5.74) is 0.0821. The monoisotopic (exact) mass is 396 g/mol. The van der Waals surface area contributed by atoms with Gasteiger partial charge in [0.1, 0.15) is 9.85 Å². The number of nitrogens with one attached hydrogen (secondary N) is 1. The maximum atomic E-state index is 11.6. The summed E-state index contributed by atoms with van der Waals surface area (Å²) in [6.45, 7) is 2.12. The highest BCUT2D eigenvalue weighted by atomic mass is 16.7. The molecule has 0 aliphatic carbocycles. The molecule has 1 aromatic rings. The van der Waals surface area contributed by atoms with E-state index < -0.39 is 26.6 Å². The minimum absolute atomic E-state index is 0.0821. The summed E-state index contributed by atoms with van der Waals surface area (Å²) in [6.07, 6.45) is 7.09. The molecule has 0 saturated carbocycles. The van der Waals surface area contributed by atoms with Gasteiger partial charge in [-0.1, -0.05) is 70.1 Å². The lowest BCUT2D eigenvalue weighted by atomic mass is 10.0. The van der Waals surface area contributed by atoms with Gasteiger partial charge in [0, 0.05) is 17.0 Å². The maximum absolute atomic E-state index is 11.6. The summed E-state index contributed by atoms with van der Waals surface area (Å²) < 4.78 is 0.